The summed E-state index contributed by atoms with van der Waals surface area (Å²) in [6, 6.07) is 10.4. The van der Waals surface area contributed by atoms with E-state index in [1.165, 1.54) is 34.4 Å². The van der Waals surface area contributed by atoms with Gasteiger partial charge in [-0.05, 0) is 84.5 Å². The first-order chi connectivity index (χ1) is 11.9. The molecule has 0 bridgehead atoms. The van der Waals surface area contributed by atoms with Crippen molar-refractivity contribution in [2.24, 2.45) is 0 Å². The maximum absolute atomic E-state index is 12.6. The van der Waals surface area contributed by atoms with E-state index in [2.05, 4.69) is 30.4 Å². The van der Waals surface area contributed by atoms with Crippen molar-refractivity contribution in [2.45, 2.75) is 52.1 Å². The van der Waals surface area contributed by atoms with Gasteiger partial charge in [0, 0.05) is 0 Å². The molecule has 0 radical (unpaired) electrons. The molecular weight excluding hydrogens is 308 g/mol. The molecule has 0 heterocycles. The summed E-state index contributed by atoms with van der Waals surface area (Å²) in [6.45, 7) is 5.71. The molecule has 2 aromatic rings. The van der Waals surface area contributed by atoms with Gasteiger partial charge in [-0.3, -0.25) is 0 Å². The number of hydrogen-bond acceptors (Lipinski definition) is 2. The molecule has 2 aliphatic rings. The van der Waals surface area contributed by atoms with Crippen molar-refractivity contribution >= 4 is 18.1 Å². The third-order valence-corrected chi connectivity index (χ3v) is 4.99. The Kier molecular flexibility index (Phi) is 3.79. The summed E-state index contributed by atoms with van der Waals surface area (Å²) >= 11 is 0. The van der Waals surface area contributed by atoms with Crippen LogP contribution < -0.4 is 10.4 Å². The third-order valence-electron chi connectivity index (χ3n) is 4.99. The van der Waals surface area contributed by atoms with Gasteiger partial charge in [-0.25, -0.2) is 4.79 Å². The van der Waals surface area contributed by atoms with Gasteiger partial charge < -0.3 is 4.74 Å². The highest BCUT2D eigenvalue weighted by Crippen LogP contribution is 2.18. The molecule has 0 unspecified atom stereocenters. The van der Waals surface area contributed by atoms with Gasteiger partial charge in [0.2, 0.25) is 0 Å². The van der Waals surface area contributed by atoms with E-state index in [4.69, 9.17) is 4.74 Å². The van der Waals surface area contributed by atoms with Gasteiger partial charge in [-0.15, -0.1) is 0 Å². The van der Waals surface area contributed by atoms with Gasteiger partial charge >= 0.3 is 5.97 Å². The van der Waals surface area contributed by atoms with Gasteiger partial charge in [0.15, 0.2) is 0 Å². The van der Waals surface area contributed by atoms with Crippen LogP contribution >= 0.6 is 0 Å². The summed E-state index contributed by atoms with van der Waals surface area (Å²) in [5.41, 5.74) is 3.11. The molecule has 0 amide bonds. The summed E-state index contributed by atoms with van der Waals surface area (Å²) < 4.78 is 5.60. The minimum Gasteiger partial charge on any atom is -0.456 e. The fourth-order valence-corrected chi connectivity index (χ4v) is 3.95. The van der Waals surface area contributed by atoms with Crippen molar-refractivity contribution in [3.63, 3.8) is 0 Å². The van der Waals surface area contributed by atoms with Crippen LogP contribution in [0.2, 0.25) is 0 Å². The SMILES string of the molecule is CC(C)(C)OC(=O)c1cccc2c1=CCc1c3c(ccc1=2)=CCCC3. The first-order valence-electron chi connectivity index (χ1n) is 9.12. The van der Waals surface area contributed by atoms with Crippen molar-refractivity contribution in [3.8, 4) is 0 Å². The molecule has 0 saturated carbocycles. The van der Waals surface area contributed by atoms with E-state index in [0.29, 0.717) is 5.56 Å². The summed E-state index contributed by atoms with van der Waals surface area (Å²) in [5, 5.41) is 4.84. The maximum Gasteiger partial charge on any atom is 0.339 e. The van der Waals surface area contributed by atoms with Crippen LogP contribution in [0.3, 0.4) is 0 Å². The average molecular weight is 332 g/mol. The van der Waals surface area contributed by atoms with Gasteiger partial charge in [0.05, 0.1) is 5.56 Å². The van der Waals surface area contributed by atoms with Crippen molar-refractivity contribution in [2.75, 3.05) is 0 Å². The van der Waals surface area contributed by atoms with Crippen LogP contribution in [-0.2, 0) is 17.6 Å². The molecule has 0 N–H and O–H groups in total. The molecule has 128 valence electrons. The van der Waals surface area contributed by atoms with Crippen molar-refractivity contribution in [1.29, 1.82) is 0 Å². The number of carbonyl (C=O) groups is 1. The largest absolute Gasteiger partial charge is 0.456 e. The fraction of sp³-hybridized carbons (Fsp3) is 0.348. The minimum atomic E-state index is -0.485. The van der Waals surface area contributed by atoms with Crippen LogP contribution in [0.5, 0.6) is 0 Å². The molecule has 2 aromatic carbocycles. The Hall–Kier alpha value is -2.35. The van der Waals surface area contributed by atoms with E-state index in [1.54, 1.807) is 0 Å². The van der Waals surface area contributed by atoms with Crippen LogP contribution in [0.1, 0.15) is 55.1 Å². The Morgan fingerprint density at radius 1 is 1.00 bits per heavy atom. The molecule has 0 fully saturated rings. The fourth-order valence-electron chi connectivity index (χ4n) is 3.95. The van der Waals surface area contributed by atoms with E-state index < -0.39 is 5.60 Å². The number of rotatable bonds is 1. The Labute approximate surface area is 148 Å². The first kappa shape index (κ1) is 16.1. The molecule has 0 aliphatic heterocycles. The molecule has 25 heavy (non-hydrogen) atoms. The lowest BCUT2D eigenvalue weighted by Gasteiger charge is -2.20. The summed E-state index contributed by atoms with van der Waals surface area (Å²) in [7, 11) is 0. The van der Waals surface area contributed by atoms with Gasteiger partial charge in [0.1, 0.15) is 5.60 Å². The van der Waals surface area contributed by atoms with Crippen molar-refractivity contribution in [1.82, 2.24) is 0 Å². The van der Waals surface area contributed by atoms with Crippen LogP contribution in [-0.4, -0.2) is 11.6 Å². The Balaban J connectivity index is 1.98. The topological polar surface area (TPSA) is 26.3 Å². The highest BCUT2D eigenvalue weighted by molar-refractivity contribution is 5.90. The zero-order valence-corrected chi connectivity index (χ0v) is 15.2. The molecule has 0 aromatic heterocycles. The lowest BCUT2D eigenvalue weighted by atomic mass is 9.88. The maximum atomic E-state index is 12.6. The minimum absolute atomic E-state index is 0.240. The normalized spacial score (nSPS) is 15.2. The van der Waals surface area contributed by atoms with Gasteiger partial charge in [-0.2, -0.15) is 0 Å². The lowest BCUT2D eigenvalue weighted by molar-refractivity contribution is 0.00681. The van der Waals surface area contributed by atoms with Crippen LogP contribution in [0, 0.1) is 10.4 Å². The van der Waals surface area contributed by atoms with E-state index in [0.717, 1.165) is 23.3 Å². The molecule has 2 aliphatic carbocycles. The highest BCUT2D eigenvalue weighted by atomic mass is 16.6. The first-order valence-corrected chi connectivity index (χ1v) is 9.12. The Morgan fingerprint density at radius 3 is 2.64 bits per heavy atom. The molecule has 2 heteroatoms. The zero-order valence-electron chi connectivity index (χ0n) is 15.2. The smallest absolute Gasteiger partial charge is 0.339 e. The Bertz CT molecular complexity index is 1070. The number of hydrogen-bond donors (Lipinski definition) is 0. The van der Waals surface area contributed by atoms with Crippen LogP contribution in [0.15, 0.2) is 30.3 Å². The van der Waals surface area contributed by atoms with E-state index in [-0.39, 0.29) is 5.97 Å². The average Bonchev–Trinajstić information content (AvgIpc) is 2.59. The molecule has 0 atom stereocenters. The number of esters is 1. The van der Waals surface area contributed by atoms with Gasteiger partial charge in [0.25, 0.3) is 0 Å². The summed E-state index contributed by atoms with van der Waals surface area (Å²) in [5.74, 6) is -0.240. The predicted molar refractivity (Wildman–Crippen MR) is 101 cm³/mol. The van der Waals surface area contributed by atoms with E-state index in [9.17, 15) is 4.79 Å². The van der Waals surface area contributed by atoms with E-state index >= 15 is 0 Å². The molecule has 2 nitrogen and oxygen atoms in total. The second kappa shape index (κ2) is 5.87. The predicted octanol–water partition coefficient (Wildman–Crippen LogP) is 3.38. The quantitative estimate of drug-likeness (QED) is 0.748. The Morgan fingerprint density at radius 2 is 1.84 bits per heavy atom. The van der Waals surface area contributed by atoms with Crippen LogP contribution in [0.25, 0.3) is 12.2 Å². The molecule has 4 rings (SSSR count). The molecule has 0 saturated heterocycles. The second-order valence-corrected chi connectivity index (χ2v) is 7.93. The second-order valence-electron chi connectivity index (χ2n) is 7.93. The lowest BCUT2D eigenvalue weighted by Crippen LogP contribution is -2.29. The highest BCUT2D eigenvalue weighted by Gasteiger charge is 2.20. The summed E-state index contributed by atoms with van der Waals surface area (Å²) in [4.78, 5) is 12.6. The standard InChI is InChI=1S/C23H24O2/c1-23(2,3)25-22(24)21-10-6-9-17-19-12-11-15-7-4-5-8-16(15)18(19)13-14-20(17)21/h6-7,9-12,14H,4-5,8,13H2,1-3H3. The van der Waals surface area contributed by atoms with Gasteiger partial charge in [-0.1, -0.05) is 36.4 Å². The molecular formula is C23H24O2. The van der Waals surface area contributed by atoms with E-state index in [1.807, 2.05) is 32.9 Å². The van der Waals surface area contributed by atoms with Crippen molar-refractivity contribution in [3.05, 3.63) is 67.9 Å². The monoisotopic (exact) mass is 332 g/mol. The number of ether oxygens (including phenoxy) is 1. The summed E-state index contributed by atoms with van der Waals surface area (Å²) in [6.07, 6.45) is 9.00. The number of carbonyl (C=O) groups excluding carboxylic acids is 1. The number of benzene rings is 2. The molecule has 0 spiro atoms. The third kappa shape index (κ3) is 2.90. The van der Waals surface area contributed by atoms with Crippen LogP contribution in [0.4, 0.5) is 0 Å². The van der Waals surface area contributed by atoms with Crippen molar-refractivity contribution < 1.29 is 9.53 Å². The zero-order chi connectivity index (χ0) is 17.6. The number of fused-ring (bicyclic) bond motifs is 4.